The smallest absolute Gasteiger partial charge is 0.150 e. The Hall–Kier alpha value is -1.50. The quantitative estimate of drug-likeness (QED) is 0.630. The van der Waals surface area contributed by atoms with E-state index in [4.69, 9.17) is 0 Å². The lowest BCUT2D eigenvalue weighted by Gasteiger charge is -2.39. The zero-order valence-corrected chi connectivity index (χ0v) is 20.6. The van der Waals surface area contributed by atoms with Gasteiger partial charge in [0.2, 0.25) is 0 Å². The number of hydrogen-bond donors (Lipinski definition) is 0. The number of nitrogens with zero attached hydrogens (tertiary/aromatic N) is 4. The molecule has 29 heavy (non-hydrogen) atoms. The molecule has 0 saturated carbocycles. The van der Waals surface area contributed by atoms with Crippen LogP contribution in [0.15, 0.2) is 59.7 Å². The molecule has 2 heterocycles. The topological polar surface area (TPSA) is 51.6 Å². The van der Waals surface area contributed by atoms with Crippen LogP contribution in [0.4, 0.5) is 0 Å². The van der Waals surface area contributed by atoms with Crippen LogP contribution in [-0.4, -0.2) is 26.1 Å². The molecule has 3 rings (SSSR count). The molecule has 0 N–H and O–H groups in total. The van der Waals surface area contributed by atoms with Crippen molar-refractivity contribution in [2.45, 2.75) is 46.7 Å². The Bertz CT molecular complexity index is 883. The number of hydrogen-bond acceptors (Lipinski definition) is 4. The van der Waals surface area contributed by atoms with E-state index in [2.05, 4.69) is 86.0 Å². The lowest BCUT2D eigenvalue weighted by Crippen LogP contribution is -2.33. The van der Waals surface area contributed by atoms with Crippen molar-refractivity contribution in [1.82, 2.24) is 19.9 Å². The standard InChI is InChI=1S/C23H32N4P2/c1-21(2,3)16-13-15(14-28)17(18(16)22(4,5)6)23(29,19-24-9-7-10-25-19)20-26-11-8-12-27-20/h7-13,16H,14,28-29H2,1-6H3. The highest BCUT2D eigenvalue weighted by Gasteiger charge is 2.49. The number of allylic oxidation sites excluding steroid dienone is 4. The second-order valence-corrected chi connectivity index (χ2v) is 11.0. The van der Waals surface area contributed by atoms with Crippen LogP contribution < -0.4 is 0 Å². The van der Waals surface area contributed by atoms with Gasteiger partial charge in [0, 0.05) is 30.7 Å². The molecule has 3 atom stereocenters. The summed E-state index contributed by atoms with van der Waals surface area (Å²) < 4.78 is 0. The van der Waals surface area contributed by atoms with Crippen molar-refractivity contribution in [3.8, 4) is 0 Å². The first-order valence-electron chi connectivity index (χ1n) is 10.0. The highest BCUT2D eigenvalue weighted by Crippen LogP contribution is 2.57. The summed E-state index contributed by atoms with van der Waals surface area (Å²) in [4.78, 5) is 18.7. The molecule has 6 heteroatoms. The maximum atomic E-state index is 4.66. The van der Waals surface area contributed by atoms with Crippen LogP contribution in [0.2, 0.25) is 0 Å². The van der Waals surface area contributed by atoms with Crippen LogP contribution >= 0.6 is 18.5 Å². The second-order valence-electron chi connectivity index (χ2n) is 9.73. The summed E-state index contributed by atoms with van der Waals surface area (Å²) in [7, 11) is 5.92. The highest BCUT2D eigenvalue weighted by molar-refractivity contribution is 7.19. The van der Waals surface area contributed by atoms with Crippen LogP contribution in [0.3, 0.4) is 0 Å². The molecule has 0 saturated heterocycles. The van der Waals surface area contributed by atoms with Crippen LogP contribution in [0.1, 0.15) is 53.2 Å². The molecule has 2 aromatic rings. The van der Waals surface area contributed by atoms with Crippen molar-refractivity contribution < 1.29 is 0 Å². The molecule has 0 fully saturated rings. The van der Waals surface area contributed by atoms with Gasteiger partial charge in [-0.15, -0.1) is 18.5 Å². The lowest BCUT2D eigenvalue weighted by molar-refractivity contribution is 0.289. The second kappa shape index (κ2) is 7.97. The predicted molar refractivity (Wildman–Crippen MR) is 127 cm³/mol. The van der Waals surface area contributed by atoms with Crippen molar-refractivity contribution in [2.75, 3.05) is 6.16 Å². The van der Waals surface area contributed by atoms with Gasteiger partial charge in [-0.1, -0.05) is 53.2 Å². The molecule has 4 nitrogen and oxygen atoms in total. The van der Waals surface area contributed by atoms with Crippen molar-refractivity contribution >= 4 is 18.5 Å². The zero-order valence-electron chi connectivity index (χ0n) is 18.3. The van der Waals surface area contributed by atoms with E-state index in [1.165, 1.54) is 16.7 Å². The molecule has 2 aromatic heterocycles. The molecule has 1 aliphatic rings. The fourth-order valence-corrected chi connectivity index (χ4v) is 5.16. The minimum absolute atomic E-state index is 0.0310. The minimum atomic E-state index is -0.715. The van der Waals surface area contributed by atoms with E-state index in [0.29, 0.717) is 17.6 Å². The monoisotopic (exact) mass is 426 g/mol. The fourth-order valence-electron chi connectivity index (χ4n) is 4.19. The Balaban J connectivity index is 2.43. The molecule has 3 unspecified atom stereocenters. The van der Waals surface area contributed by atoms with Crippen molar-refractivity contribution in [2.24, 2.45) is 16.7 Å². The van der Waals surface area contributed by atoms with Gasteiger partial charge in [0.25, 0.3) is 0 Å². The first-order chi connectivity index (χ1) is 13.5. The van der Waals surface area contributed by atoms with Gasteiger partial charge in [-0.05, 0) is 40.3 Å². The van der Waals surface area contributed by atoms with Crippen molar-refractivity contribution in [3.63, 3.8) is 0 Å². The Labute approximate surface area is 179 Å². The van der Waals surface area contributed by atoms with Gasteiger partial charge >= 0.3 is 0 Å². The maximum Gasteiger partial charge on any atom is 0.150 e. The molecular formula is C23H32N4P2. The van der Waals surface area contributed by atoms with Crippen LogP contribution in [0, 0.1) is 16.7 Å². The lowest BCUT2D eigenvalue weighted by atomic mass is 9.68. The van der Waals surface area contributed by atoms with Crippen molar-refractivity contribution in [1.29, 1.82) is 0 Å². The molecule has 0 spiro atoms. The summed E-state index contributed by atoms with van der Waals surface area (Å²) in [5.41, 5.74) is 4.02. The third-order valence-corrected chi connectivity index (χ3v) is 6.71. The summed E-state index contributed by atoms with van der Waals surface area (Å²) >= 11 is 0. The summed E-state index contributed by atoms with van der Waals surface area (Å²) in [5, 5.41) is -0.715. The highest BCUT2D eigenvalue weighted by atomic mass is 31.0. The summed E-state index contributed by atoms with van der Waals surface area (Å²) in [6.45, 7) is 13.8. The van der Waals surface area contributed by atoms with E-state index in [9.17, 15) is 0 Å². The van der Waals surface area contributed by atoms with E-state index < -0.39 is 5.16 Å². The average Bonchev–Trinajstić information content (AvgIpc) is 3.10. The molecule has 1 aliphatic carbocycles. The predicted octanol–water partition coefficient (Wildman–Crippen LogP) is 5.21. The molecule has 0 amide bonds. The van der Waals surface area contributed by atoms with Crippen LogP contribution in [0.25, 0.3) is 0 Å². The van der Waals surface area contributed by atoms with Crippen molar-refractivity contribution in [3.05, 3.63) is 71.4 Å². The van der Waals surface area contributed by atoms with E-state index in [-0.39, 0.29) is 10.8 Å². The summed E-state index contributed by atoms with van der Waals surface area (Å²) in [6, 6.07) is 3.69. The van der Waals surface area contributed by atoms with Crippen LogP contribution in [0.5, 0.6) is 0 Å². The molecule has 0 aliphatic heterocycles. The van der Waals surface area contributed by atoms with Gasteiger partial charge in [-0.25, -0.2) is 19.9 Å². The Morgan fingerprint density at radius 1 is 0.828 bits per heavy atom. The Kier molecular flexibility index (Phi) is 6.10. The Morgan fingerprint density at radius 2 is 1.28 bits per heavy atom. The number of rotatable bonds is 4. The normalized spacial score (nSPS) is 18.2. The molecule has 0 radical (unpaired) electrons. The third-order valence-electron chi connectivity index (χ3n) is 5.46. The molecule has 0 bridgehead atoms. The van der Waals surface area contributed by atoms with E-state index >= 15 is 0 Å². The molecule has 154 valence electrons. The van der Waals surface area contributed by atoms with E-state index in [0.717, 1.165) is 6.16 Å². The third kappa shape index (κ3) is 4.07. The average molecular weight is 426 g/mol. The van der Waals surface area contributed by atoms with Gasteiger partial charge in [-0.3, -0.25) is 0 Å². The first kappa shape index (κ1) is 22.2. The summed E-state index contributed by atoms with van der Waals surface area (Å²) in [6.07, 6.45) is 10.5. The number of aromatic nitrogens is 4. The fraction of sp³-hybridized carbons (Fsp3) is 0.478. The van der Waals surface area contributed by atoms with Gasteiger partial charge < -0.3 is 0 Å². The minimum Gasteiger partial charge on any atom is -0.240 e. The van der Waals surface area contributed by atoms with E-state index in [1.54, 1.807) is 24.8 Å². The van der Waals surface area contributed by atoms with Crippen LogP contribution in [-0.2, 0) is 5.16 Å². The largest absolute Gasteiger partial charge is 0.240 e. The van der Waals surface area contributed by atoms with Gasteiger partial charge in [0.15, 0.2) is 0 Å². The van der Waals surface area contributed by atoms with Gasteiger partial charge in [-0.2, -0.15) is 0 Å². The zero-order chi connectivity index (χ0) is 21.4. The first-order valence-corrected chi connectivity index (χ1v) is 11.4. The Morgan fingerprint density at radius 3 is 1.62 bits per heavy atom. The van der Waals surface area contributed by atoms with Gasteiger partial charge in [0.05, 0.1) is 0 Å². The van der Waals surface area contributed by atoms with Gasteiger partial charge in [0.1, 0.15) is 16.8 Å². The SMILES string of the molecule is CC(C)(C)C1=C(C(P)(c2ncccn2)c2ncccn2)C(CP)=CC1C(C)(C)C. The molecule has 0 aromatic carbocycles. The maximum absolute atomic E-state index is 4.66. The summed E-state index contributed by atoms with van der Waals surface area (Å²) in [5.74, 6) is 1.72. The van der Waals surface area contributed by atoms with E-state index in [1.807, 2.05) is 12.1 Å². The molecular weight excluding hydrogens is 394 g/mol.